The summed E-state index contributed by atoms with van der Waals surface area (Å²) < 4.78 is 6.34. The fourth-order valence-corrected chi connectivity index (χ4v) is 1.96. The fourth-order valence-electron chi connectivity index (χ4n) is 1.96. The number of hydrogen-bond donors (Lipinski definition) is 1. The molecule has 2 rings (SSSR count). The lowest BCUT2D eigenvalue weighted by Gasteiger charge is -2.08. The van der Waals surface area contributed by atoms with Crippen molar-refractivity contribution in [1.29, 1.82) is 0 Å². The van der Waals surface area contributed by atoms with Crippen molar-refractivity contribution in [2.75, 3.05) is 5.73 Å². The molecule has 110 valence electrons. The number of rotatable bonds is 5. The van der Waals surface area contributed by atoms with Crippen LogP contribution >= 0.6 is 0 Å². The first-order chi connectivity index (χ1) is 10.0. The second-order valence-electron chi connectivity index (χ2n) is 4.83. The van der Waals surface area contributed by atoms with Gasteiger partial charge in [-0.2, -0.15) is 5.10 Å². The van der Waals surface area contributed by atoms with Crippen LogP contribution < -0.4 is 5.73 Å². The normalized spacial score (nSPS) is 10.6. The van der Waals surface area contributed by atoms with Crippen molar-refractivity contribution >= 4 is 18.1 Å². The van der Waals surface area contributed by atoms with E-state index in [1.807, 2.05) is 30.3 Å². The summed E-state index contributed by atoms with van der Waals surface area (Å²) in [5, 5.41) is 4.26. The molecule has 0 saturated heterocycles. The second-order valence-corrected chi connectivity index (χ2v) is 4.83. The quantitative estimate of drug-likeness (QED) is 0.670. The third-order valence-corrected chi connectivity index (χ3v) is 2.84. The Labute approximate surface area is 122 Å². The van der Waals surface area contributed by atoms with Gasteiger partial charge < -0.3 is 10.5 Å². The van der Waals surface area contributed by atoms with E-state index in [1.165, 1.54) is 4.68 Å². The van der Waals surface area contributed by atoms with Crippen LogP contribution in [0.15, 0.2) is 30.3 Å². The van der Waals surface area contributed by atoms with Gasteiger partial charge in [0.05, 0.1) is 11.7 Å². The lowest BCUT2D eigenvalue weighted by molar-refractivity contribution is -0.148. The molecule has 0 aliphatic rings. The summed E-state index contributed by atoms with van der Waals surface area (Å²) in [7, 11) is 0. The molecule has 2 N–H and O–H groups in total. The Hall–Kier alpha value is -2.63. The molecular formula is C15H17N3O3. The Kier molecular flexibility index (Phi) is 4.37. The maximum absolute atomic E-state index is 11.7. The SMILES string of the molecule is CC(C)OC(=O)Cn1nc(-c2ccccc2)c(C=O)c1N. The van der Waals surface area contributed by atoms with E-state index < -0.39 is 5.97 Å². The number of hydrogen-bond acceptors (Lipinski definition) is 5. The largest absolute Gasteiger partial charge is 0.462 e. The molecule has 0 amide bonds. The smallest absolute Gasteiger partial charge is 0.328 e. The molecule has 1 aromatic heterocycles. The number of benzene rings is 1. The van der Waals surface area contributed by atoms with Gasteiger partial charge in [-0.3, -0.25) is 9.59 Å². The zero-order valence-electron chi connectivity index (χ0n) is 11.9. The maximum atomic E-state index is 11.7. The number of esters is 1. The van der Waals surface area contributed by atoms with E-state index in [-0.39, 0.29) is 24.0 Å². The number of aldehydes is 1. The predicted molar refractivity (Wildman–Crippen MR) is 78.7 cm³/mol. The van der Waals surface area contributed by atoms with Crippen molar-refractivity contribution in [3.05, 3.63) is 35.9 Å². The van der Waals surface area contributed by atoms with Crippen molar-refractivity contribution in [2.24, 2.45) is 0 Å². The molecule has 1 aromatic carbocycles. The third-order valence-electron chi connectivity index (χ3n) is 2.84. The summed E-state index contributed by atoms with van der Waals surface area (Å²) in [6.45, 7) is 3.39. The highest BCUT2D eigenvalue weighted by molar-refractivity contribution is 5.91. The molecule has 6 heteroatoms. The average Bonchev–Trinajstić information content (AvgIpc) is 2.75. The molecule has 0 unspecified atom stereocenters. The first kappa shape index (κ1) is 14.8. The third kappa shape index (κ3) is 3.28. The first-order valence-electron chi connectivity index (χ1n) is 6.59. The average molecular weight is 287 g/mol. The number of nitrogen functional groups attached to an aromatic ring is 1. The van der Waals surface area contributed by atoms with E-state index in [2.05, 4.69) is 5.10 Å². The minimum atomic E-state index is -0.448. The lowest BCUT2D eigenvalue weighted by Crippen LogP contribution is -2.19. The minimum Gasteiger partial charge on any atom is -0.462 e. The molecule has 0 aliphatic heterocycles. The number of carbonyl (C=O) groups is 2. The van der Waals surface area contributed by atoms with Crippen molar-refractivity contribution in [3.63, 3.8) is 0 Å². The number of aromatic nitrogens is 2. The molecule has 0 fully saturated rings. The van der Waals surface area contributed by atoms with Gasteiger partial charge in [0.15, 0.2) is 6.29 Å². The number of carbonyl (C=O) groups excluding carboxylic acids is 2. The molecular weight excluding hydrogens is 270 g/mol. The van der Waals surface area contributed by atoms with Gasteiger partial charge in [-0.1, -0.05) is 30.3 Å². The van der Waals surface area contributed by atoms with Gasteiger partial charge in [0.2, 0.25) is 0 Å². The van der Waals surface area contributed by atoms with E-state index in [0.717, 1.165) is 5.56 Å². The predicted octanol–water partition coefficient (Wildman–Crippen LogP) is 1.90. The van der Waals surface area contributed by atoms with Gasteiger partial charge in [0, 0.05) is 5.56 Å². The fraction of sp³-hybridized carbons (Fsp3) is 0.267. The zero-order valence-corrected chi connectivity index (χ0v) is 11.9. The van der Waals surface area contributed by atoms with E-state index in [0.29, 0.717) is 12.0 Å². The summed E-state index contributed by atoms with van der Waals surface area (Å²) in [4.78, 5) is 22.9. The number of anilines is 1. The van der Waals surface area contributed by atoms with E-state index in [1.54, 1.807) is 13.8 Å². The molecule has 6 nitrogen and oxygen atoms in total. The molecule has 0 saturated carbocycles. The number of ether oxygens (including phenoxy) is 1. The Morgan fingerprint density at radius 1 is 1.38 bits per heavy atom. The van der Waals surface area contributed by atoms with Gasteiger partial charge in [-0.25, -0.2) is 4.68 Å². The van der Waals surface area contributed by atoms with Crippen LogP contribution in [0.3, 0.4) is 0 Å². The lowest BCUT2D eigenvalue weighted by atomic mass is 10.1. The molecule has 0 bridgehead atoms. The molecule has 1 heterocycles. The van der Waals surface area contributed by atoms with Gasteiger partial charge in [0.1, 0.15) is 18.1 Å². The van der Waals surface area contributed by atoms with Crippen LogP contribution in [-0.4, -0.2) is 28.1 Å². The van der Waals surface area contributed by atoms with Gasteiger partial charge >= 0.3 is 5.97 Å². The maximum Gasteiger partial charge on any atom is 0.328 e. The minimum absolute atomic E-state index is 0.127. The number of nitrogens with zero attached hydrogens (tertiary/aromatic N) is 2. The van der Waals surface area contributed by atoms with E-state index in [9.17, 15) is 9.59 Å². The summed E-state index contributed by atoms with van der Waals surface area (Å²) in [5.41, 5.74) is 7.39. The van der Waals surface area contributed by atoms with Crippen LogP contribution in [0.25, 0.3) is 11.3 Å². The van der Waals surface area contributed by atoms with Crippen molar-refractivity contribution in [1.82, 2.24) is 9.78 Å². The molecule has 0 radical (unpaired) electrons. The van der Waals surface area contributed by atoms with Crippen LogP contribution in [0.5, 0.6) is 0 Å². The van der Waals surface area contributed by atoms with Gasteiger partial charge in [-0.05, 0) is 13.8 Å². The molecule has 21 heavy (non-hydrogen) atoms. The summed E-state index contributed by atoms with van der Waals surface area (Å²) >= 11 is 0. The Balaban J connectivity index is 2.35. The van der Waals surface area contributed by atoms with Crippen molar-refractivity contribution in [3.8, 4) is 11.3 Å². The van der Waals surface area contributed by atoms with Crippen LogP contribution in [-0.2, 0) is 16.1 Å². The summed E-state index contributed by atoms with van der Waals surface area (Å²) in [5.74, 6) is -0.291. The van der Waals surface area contributed by atoms with Crippen LogP contribution in [0, 0.1) is 0 Å². The highest BCUT2D eigenvalue weighted by Crippen LogP contribution is 2.25. The molecule has 2 aromatic rings. The van der Waals surface area contributed by atoms with Crippen LogP contribution in [0.4, 0.5) is 5.82 Å². The molecule has 0 spiro atoms. The zero-order chi connectivity index (χ0) is 15.4. The monoisotopic (exact) mass is 287 g/mol. The molecule has 0 aliphatic carbocycles. The second kappa shape index (κ2) is 6.21. The van der Waals surface area contributed by atoms with Crippen molar-refractivity contribution < 1.29 is 14.3 Å². The van der Waals surface area contributed by atoms with Crippen LogP contribution in [0.2, 0.25) is 0 Å². The van der Waals surface area contributed by atoms with E-state index in [4.69, 9.17) is 10.5 Å². The van der Waals surface area contributed by atoms with Crippen LogP contribution in [0.1, 0.15) is 24.2 Å². The molecule has 0 atom stereocenters. The highest BCUT2D eigenvalue weighted by Gasteiger charge is 2.18. The standard InChI is InChI=1S/C15H17N3O3/c1-10(2)21-13(20)8-18-15(16)12(9-19)14(17-18)11-6-4-3-5-7-11/h3-7,9-10H,8,16H2,1-2H3. The van der Waals surface area contributed by atoms with Gasteiger partial charge in [0.25, 0.3) is 0 Å². The number of nitrogens with two attached hydrogens (primary N) is 1. The highest BCUT2D eigenvalue weighted by atomic mass is 16.5. The van der Waals surface area contributed by atoms with Crippen molar-refractivity contribution in [2.45, 2.75) is 26.5 Å². The first-order valence-corrected chi connectivity index (χ1v) is 6.59. The Bertz CT molecular complexity index is 648. The Morgan fingerprint density at radius 2 is 2.05 bits per heavy atom. The van der Waals surface area contributed by atoms with Gasteiger partial charge in [-0.15, -0.1) is 0 Å². The summed E-state index contributed by atoms with van der Waals surface area (Å²) in [6, 6.07) is 9.19. The topological polar surface area (TPSA) is 87.2 Å². The summed E-state index contributed by atoms with van der Waals surface area (Å²) in [6.07, 6.45) is 0.433. The van der Waals surface area contributed by atoms with E-state index >= 15 is 0 Å². The Morgan fingerprint density at radius 3 is 2.62 bits per heavy atom.